The number of nitrogens with zero attached hydrogens (tertiary/aromatic N) is 1. The third-order valence-corrected chi connectivity index (χ3v) is 4.33. The number of nitrogens with one attached hydrogen (secondary N) is 2. The van der Waals surface area contributed by atoms with Crippen molar-refractivity contribution in [2.24, 2.45) is 0 Å². The fourth-order valence-electron chi connectivity index (χ4n) is 3.25. The molecule has 114 valence electrons. The zero-order valence-electron chi connectivity index (χ0n) is 12.0. The summed E-state index contributed by atoms with van der Waals surface area (Å²) in [5.74, 6) is 0.833. The molecule has 3 rings (SSSR count). The van der Waals surface area contributed by atoms with E-state index in [1.54, 1.807) is 12.3 Å². The lowest BCUT2D eigenvalue weighted by molar-refractivity contribution is -0.125. The van der Waals surface area contributed by atoms with Gasteiger partial charge in [0.15, 0.2) is 0 Å². The van der Waals surface area contributed by atoms with Crippen molar-refractivity contribution in [3.05, 3.63) is 24.2 Å². The summed E-state index contributed by atoms with van der Waals surface area (Å²) >= 11 is 0. The number of carbonyl (C=O) groups excluding carboxylic acids is 2. The van der Waals surface area contributed by atoms with Crippen molar-refractivity contribution in [3.63, 3.8) is 0 Å². The molecule has 2 saturated heterocycles. The van der Waals surface area contributed by atoms with Gasteiger partial charge in [0, 0.05) is 25.0 Å². The lowest BCUT2D eigenvalue weighted by Gasteiger charge is -2.39. The molecule has 0 aliphatic carbocycles. The molecule has 1 aromatic heterocycles. The molecule has 21 heavy (non-hydrogen) atoms. The highest BCUT2D eigenvalue weighted by Crippen LogP contribution is 2.26. The molecule has 2 amide bonds. The summed E-state index contributed by atoms with van der Waals surface area (Å²) in [5, 5.41) is 5.82. The topological polar surface area (TPSA) is 74.6 Å². The van der Waals surface area contributed by atoms with E-state index in [1.807, 2.05) is 6.07 Å². The first kappa shape index (κ1) is 14.1. The number of carbonyl (C=O) groups is 2. The number of fused-ring (bicyclic) bond motifs is 2. The third kappa shape index (κ3) is 3.44. The lowest BCUT2D eigenvalue weighted by Crippen LogP contribution is -2.51. The maximum atomic E-state index is 12.1. The summed E-state index contributed by atoms with van der Waals surface area (Å²) < 4.78 is 5.20. The molecule has 6 heteroatoms. The molecule has 6 nitrogen and oxygen atoms in total. The van der Waals surface area contributed by atoms with Gasteiger partial charge in [-0.2, -0.15) is 0 Å². The third-order valence-electron chi connectivity index (χ3n) is 4.33. The second-order valence-corrected chi connectivity index (χ2v) is 5.78. The Bertz CT molecular complexity index is 500. The Balaban J connectivity index is 1.57. The van der Waals surface area contributed by atoms with E-state index >= 15 is 0 Å². The second-order valence-electron chi connectivity index (χ2n) is 5.78. The first-order valence-electron chi connectivity index (χ1n) is 7.54. The normalized spacial score (nSPS) is 26.0. The van der Waals surface area contributed by atoms with Crippen molar-refractivity contribution in [3.8, 4) is 0 Å². The van der Waals surface area contributed by atoms with E-state index < -0.39 is 0 Å². The maximum Gasteiger partial charge on any atom is 0.234 e. The molecule has 0 saturated carbocycles. The number of furan rings is 1. The second kappa shape index (κ2) is 6.30. The highest BCUT2D eigenvalue weighted by Gasteiger charge is 2.35. The van der Waals surface area contributed by atoms with Gasteiger partial charge in [0.1, 0.15) is 5.76 Å². The molecule has 0 radical (unpaired) electrons. The Morgan fingerprint density at radius 2 is 2.29 bits per heavy atom. The highest BCUT2D eigenvalue weighted by molar-refractivity contribution is 5.79. The van der Waals surface area contributed by atoms with Crippen molar-refractivity contribution >= 4 is 11.8 Å². The van der Waals surface area contributed by atoms with Crippen LogP contribution in [-0.4, -0.2) is 41.9 Å². The minimum absolute atomic E-state index is 0.0161. The van der Waals surface area contributed by atoms with E-state index in [-0.39, 0.29) is 23.9 Å². The van der Waals surface area contributed by atoms with Gasteiger partial charge in [0.05, 0.1) is 19.4 Å². The zero-order chi connectivity index (χ0) is 14.7. The van der Waals surface area contributed by atoms with Gasteiger partial charge in [-0.25, -0.2) is 0 Å². The average molecular weight is 291 g/mol. The van der Waals surface area contributed by atoms with Crippen LogP contribution in [0.2, 0.25) is 0 Å². The van der Waals surface area contributed by atoms with Gasteiger partial charge in [-0.05, 0) is 25.0 Å². The minimum Gasteiger partial charge on any atom is -0.467 e. The van der Waals surface area contributed by atoms with Crippen molar-refractivity contribution in [2.75, 3.05) is 13.1 Å². The SMILES string of the molecule is O=C1C[C@@H]2CCC[C@H](CN1)N2CC(=O)NCc1ccco1. The van der Waals surface area contributed by atoms with Crippen LogP contribution in [0.15, 0.2) is 22.8 Å². The molecule has 0 unspecified atom stereocenters. The molecule has 1 aromatic rings. The molecule has 2 aliphatic heterocycles. The van der Waals surface area contributed by atoms with Crippen molar-refractivity contribution in [2.45, 2.75) is 44.3 Å². The first-order valence-corrected chi connectivity index (χ1v) is 7.54. The van der Waals surface area contributed by atoms with Crippen molar-refractivity contribution in [1.82, 2.24) is 15.5 Å². The van der Waals surface area contributed by atoms with E-state index in [0.29, 0.717) is 26.1 Å². The van der Waals surface area contributed by atoms with Crippen LogP contribution in [0.25, 0.3) is 0 Å². The van der Waals surface area contributed by atoms with Crippen LogP contribution in [-0.2, 0) is 16.1 Å². The Hall–Kier alpha value is -1.82. The molecule has 0 spiro atoms. The highest BCUT2D eigenvalue weighted by atomic mass is 16.3. The molecular formula is C15H21N3O3. The Kier molecular flexibility index (Phi) is 4.24. The average Bonchev–Trinajstić information content (AvgIpc) is 2.96. The predicted octanol–water partition coefficient (Wildman–Crippen LogP) is 0.639. The van der Waals surface area contributed by atoms with Crippen LogP contribution in [0.1, 0.15) is 31.4 Å². The van der Waals surface area contributed by atoms with Gasteiger partial charge >= 0.3 is 0 Å². The summed E-state index contributed by atoms with van der Waals surface area (Å²) in [5.41, 5.74) is 0. The van der Waals surface area contributed by atoms with Gasteiger partial charge in [-0.3, -0.25) is 14.5 Å². The van der Waals surface area contributed by atoms with Crippen molar-refractivity contribution < 1.29 is 14.0 Å². The molecule has 2 bridgehead atoms. The molecule has 2 aliphatic rings. The smallest absolute Gasteiger partial charge is 0.234 e. The minimum atomic E-state index is -0.0161. The predicted molar refractivity (Wildman–Crippen MR) is 76.3 cm³/mol. The quantitative estimate of drug-likeness (QED) is 0.853. The van der Waals surface area contributed by atoms with Crippen LogP contribution < -0.4 is 10.6 Å². The molecular weight excluding hydrogens is 270 g/mol. The molecule has 0 aromatic carbocycles. The summed E-state index contributed by atoms with van der Waals surface area (Å²) in [4.78, 5) is 26.0. The van der Waals surface area contributed by atoms with Gasteiger partial charge in [0.2, 0.25) is 11.8 Å². The number of rotatable bonds is 4. The molecule has 2 N–H and O–H groups in total. The fourth-order valence-corrected chi connectivity index (χ4v) is 3.25. The van der Waals surface area contributed by atoms with E-state index in [9.17, 15) is 9.59 Å². The largest absolute Gasteiger partial charge is 0.467 e. The Morgan fingerprint density at radius 3 is 3.10 bits per heavy atom. The van der Waals surface area contributed by atoms with Crippen LogP contribution >= 0.6 is 0 Å². The van der Waals surface area contributed by atoms with Crippen LogP contribution in [0.5, 0.6) is 0 Å². The van der Waals surface area contributed by atoms with Gasteiger partial charge in [-0.15, -0.1) is 0 Å². The Labute approximate surface area is 123 Å². The molecule has 3 heterocycles. The van der Waals surface area contributed by atoms with Crippen LogP contribution in [0, 0.1) is 0 Å². The monoisotopic (exact) mass is 291 g/mol. The number of hydrogen-bond acceptors (Lipinski definition) is 4. The standard InChI is InChI=1S/C15H21N3O3/c19-14-7-11-3-1-4-12(8-16-14)18(11)10-15(20)17-9-13-5-2-6-21-13/h2,5-6,11-12H,1,3-4,7-10H2,(H,16,19)(H,17,20)/t11-,12+/m0/s1. The number of piperidine rings is 1. The van der Waals surface area contributed by atoms with Crippen molar-refractivity contribution in [1.29, 1.82) is 0 Å². The van der Waals surface area contributed by atoms with E-state index in [2.05, 4.69) is 15.5 Å². The summed E-state index contributed by atoms with van der Waals surface area (Å²) in [6, 6.07) is 4.12. The van der Waals surface area contributed by atoms with Crippen LogP contribution in [0.4, 0.5) is 0 Å². The molecule has 2 fully saturated rings. The summed E-state index contributed by atoms with van der Waals surface area (Å²) in [7, 11) is 0. The summed E-state index contributed by atoms with van der Waals surface area (Å²) in [6.45, 7) is 1.41. The van der Waals surface area contributed by atoms with E-state index in [4.69, 9.17) is 4.42 Å². The fraction of sp³-hybridized carbons (Fsp3) is 0.600. The van der Waals surface area contributed by atoms with Gasteiger partial charge in [-0.1, -0.05) is 6.42 Å². The number of amides is 2. The van der Waals surface area contributed by atoms with Gasteiger partial charge < -0.3 is 15.1 Å². The summed E-state index contributed by atoms with van der Waals surface area (Å²) in [6.07, 6.45) is 5.27. The maximum absolute atomic E-state index is 12.1. The zero-order valence-corrected chi connectivity index (χ0v) is 12.0. The van der Waals surface area contributed by atoms with Gasteiger partial charge in [0.25, 0.3) is 0 Å². The lowest BCUT2D eigenvalue weighted by atomic mass is 9.94. The van der Waals surface area contributed by atoms with Crippen LogP contribution in [0.3, 0.4) is 0 Å². The first-order chi connectivity index (χ1) is 10.2. The Morgan fingerprint density at radius 1 is 1.43 bits per heavy atom. The van der Waals surface area contributed by atoms with E-state index in [0.717, 1.165) is 25.0 Å². The number of hydrogen-bond donors (Lipinski definition) is 2. The van der Waals surface area contributed by atoms with E-state index in [1.165, 1.54) is 0 Å². The molecule has 2 atom stereocenters.